The van der Waals surface area contributed by atoms with Gasteiger partial charge in [-0.05, 0) is 25.8 Å². The van der Waals surface area contributed by atoms with Crippen LogP contribution in [0, 0.1) is 13.8 Å². The summed E-state index contributed by atoms with van der Waals surface area (Å²) in [5.74, 6) is -0.408. The van der Waals surface area contributed by atoms with Gasteiger partial charge < -0.3 is 10.1 Å². The number of hydrogen-bond donors (Lipinski definition) is 1. The van der Waals surface area contributed by atoms with E-state index in [0.717, 1.165) is 23.3 Å². The molecule has 1 amide bonds. The number of rotatable bonds is 12. The molecule has 5 heteroatoms. The zero-order valence-corrected chi connectivity index (χ0v) is 17.0. The number of nitrogens with one attached hydrogen (secondary N) is 1. The van der Waals surface area contributed by atoms with Gasteiger partial charge in [0.2, 0.25) is 5.91 Å². The number of unbranched alkanes of at least 4 members (excludes halogenated alkanes) is 8. The van der Waals surface area contributed by atoms with Crippen molar-refractivity contribution in [1.82, 2.24) is 0 Å². The van der Waals surface area contributed by atoms with Crippen LogP contribution in [-0.2, 0) is 9.53 Å². The van der Waals surface area contributed by atoms with Crippen molar-refractivity contribution in [2.75, 3.05) is 12.4 Å². The van der Waals surface area contributed by atoms with Gasteiger partial charge in [-0.2, -0.15) is 0 Å². The smallest absolute Gasteiger partial charge is 0.341 e. The molecule has 25 heavy (non-hydrogen) atoms. The molecule has 0 unspecified atom stereocenters. The predicted molar refractivity (Wildman–Crippen MR) is 106 cm³/mol. The van der Waals surface area contributed by atoms with E-state index in [2.05, 4.69) is 12.2 Å². The van der Waals surface area contributed by atoms with Crippen LogP contribution in [0.5, 0.6) is 0 Å². The van der Waals surface area contributed by atoms with Gasteiger partial charge in [-0.1, -0.05) is 58.3 Å². The van der Waals surface area contributed by atoms with Gasteiger partial charge in [0.1, 0.15) is 5.00 Å². The van der Waals surface area contributed by atoms with Crippen LogP contribution < -0.4 is 5.32 Å². The summed E-state index contributed by atoms with van der Waals surface area (Å²) in [6, 6.07) is 0. The fourth-order valence-corrected chi connectivity index (χ4v) is 3.91. The van der Waals surface area contributed by atoms with Crippen LogP contribution in [0.25, 0.3) is 0 Å². The number of anilines is 1. The van der Waals surface area contributed by atoms with E-state index in [1.807, 2.05) is 13.8 Å². The number of esters is 1. The number of thiophene rings is 1. The number of hydrogen-bond acceptors (Lipinski definition) is 4. The Morgan fingerprint density at radius 2 is 1.52 bits per heavy atom. The lowest BCUT2D eigenvalue weighted by Crippen LogP contribution is -2.13. The van der Waals surface area contributed by atoms with E-state index in [4.69, 9.17) is 4.74 Å². The van der Waals surface area contributed by atoms with E-state index in [-0.39, 0.29) is 11.9 Å². The molecule has 1 heterocycles. The predicted octanol–water partition coefficient (Wildman–Crippen LogP) is 6.01. The molecule has 0 bridgehead atoms. The van der Waals surface area contributed by atoms with Crippen LogP contribution in [0.3, 0.4) is 0 Å². The Bertz CT molecular complexity index is 551. The molecular formula is C20H33NO3S. The third-order valence-corrected chi connectivity index (χ3v) is 5.66. The van der Waals surface area contributed by atoms with Gasteiger partial charge in [-0.3, -0.25) is 4.79 Å². The van der Waals surface area contributed by atoms with Gasteiger partial charge in [-0.25, -0.2) is 4.79 Å². The number of ether oxygens (including phenoxy) is 1. The Morgan fingerprint density at radius 3 is 2.08 bits per heavy atom. The van der Waals surface area contributed by atoms with E-state index in [1.165, 1.54) is 63.4 Å². The maximum Gasteiger partial charge on any atom is 0.341 e. The molecule has 1 rings (SSSR count). The summed E-state index contributed by atoms with van der Waals surface area (Å²) < 4.78 is 4.83. The van der Waals surface area contributed by atoms with Gasteiger partial charge >= 0.3 is 5.97 Å². The third-order valence-electron chi connectivity index (χ3n) is 4.54. The lowest BCUT2D eigenvalue weighted by atomic mass is 10.1. The highest BCUT2D eigenvalue weighted by molar-refractivity contribution is 7.16. The Labute approximate surface area is 156 Å². The largest absolute Gasteiger partial charge is 0.465 e. The van der Waals surface area contributed by atoms with Crippen LogP contribution >= 0.6 is 11.3 Å². The van der Waals surface area contributed by atoms with Gasteiger partial charge in [0, 0.05) is 11.3 Å². The Hall–Kier alpha value is -1.36. The second-order valence-electron chi connectivity index (χ2n) is 6.61. The average molecular weight is 368 g/mol. The minimum atomic E-state index is -0.389. The minimum Gasteiger partial charge on any atom is -0.465 e. The number of methoxy groups -OCH3 is 1. The zero-order valence-electron chi connectivity index (χ0n) is 16.2. The Kier molecular flexibility index (Phi) is 10.5. The Morgan fingerprint density at radius 1 is 0.960 bits per heavy atom. The summed E-state index contributed by atoms with van der Waals surface area (Å²) in [4.78, 5) is 25.1. The fraction of sp³-hybridized carbons (Fsp3) is 0.700. The van der Waals surface area contributed by atoms with Crippen LogP contribution in [-0.4, -0.2) is 19.0 Å². The third kappa shape index (κ3) is 7.59. The van der Waals surface area contributed by atoms with E-state index in [9.17, 15) is 9.59 Å². The topological polar surface area (TPSA) is 55.4 Å². The molecule has 142 valence electrons. The van der Waals surface area contributed by atoms with Crippen molar-refractivity contribution < 1.29 is 14.3 Å². The summed E-state index contributed by atoms with van der Waals surface area (Å²) in [6.07, 6.45) is 11.6. The molecular weight excluding hydrogens is 334 g/mol. The molecule has 0 saturated carbocycles. The van der Waals surface area contributed by atoms with E-state index in [0.29, 0.717) is 17.0 Å². The first-order valence-electron chi connectivity index (χ1n) is 9.49. The summed E-state index contributed by atoms with van der Waals surface area (Å²) in [5.41, 5.74) is 1.38. The highest BCUT2D eigenvalue weighted by Gasteiger charge is 2.21. The first-order valence-corrected chi connectivity index (χ1v) is 10.3. The molecule has 0 aromatic carbocycles. The first kappa shape index (κ1) is 21.7. The van der Waals surface area contributed by atoms with E-state index >= 15 is 0 Å². The zero-order chi connectivity index (χ0) is 18.7. The molecule has 0 aliphatic carbocycles. The van der Waals surface area contributed by atoms with Crippen molar-refractivity contribution in [3.05, 3.63) is 16.0 Å². The number of carbonyl (C=O) groups is 2. The summed E-state index contributed by atoms with van der Waals surface area (Å²) in [5, 5.41) is 3.51. The average Bonchev–Trinajstić information content (AvgIpc) is 2.86. The summed E-state index contributed by atoms with van der Waals surface area (Å²) >= 11 is 1.44. The lowest BCUT2D eigenvalue weighted by Gasteiger charge is -2.06. The van der Waals surface area contributed by atoms with Crippen molar-refractivity contribution in [2.24, 2.45) is 0 Å². The molecule has 0 saturated heterocycles. The molecule has 1 N–H and O–H groups in total. The number of carbonyl (C=O) groups excluding carboxylic acids is 2. The van der Waals surface area contributed by atoms with Crippen molar-refractivity contribution in [2.45, 2.75) is 85.0 Å². The first-order chi connectivity index (χ1) is 12.0. The molecule has 0 radical (unpaired) electrons. The van der Waals surface area contributed by atoms with Gasteiger partial charge in [0.05, 0.1) is 12.7 Å². The van der Waals surface area contributed by atoms with Crippen molar-refractivity contribution in [3.8, 4) is 0 Å². The highest BCUT2D eigenvalue weighted by Crippen LogP contribution is 2.33. The molecule has 0 fully saturated rings. The van der Waals surface area contributed by atoms with E-state index < -0.39 is 0 Å². The molecule has 4 nitrogen and oxygen atoms in total. The second kappa shape index (κ2) is 12.1. The van der Waals surface area contributed by atoms with Crippen molar-refractivity contribution in [1.29, 1.82) is 0 Å². The fourth-order valence-electron chi connectivity index (χ4n) is 2.85. The SMILES string of the molecule is CCCCCCCCCCCC(=O)Nc1sc(C)c(C)c1C(=O)OC. The van der Waals surface area contributed by atoms with Gasteiger partial charge in [-0.15, -0.1) is 11.3 Å². The minimum absolute atomic E-state index is 0.0191. The molecule has 1 aromatic rings. The van der Waals surface area contributed by atoms with Gasteiger partial charge in [0.15, 0.2) is 0 Å². The molecule has 0 spiro atoms. The summed E-state index contributed by atoms with van der Waals surface area (Å²) in [7, 11) is 1.36. The Balaban J connectivity index is 2.29. The maximum atomic E-state index is 12.1. The van der Waals surface area contributed by atoms with E-state index in [1.54, 1.807) is 0 Å². The highest BCUT2D eigenvalue weighted by atomic mass is 32.1. The molecule has 1 aromatic heterocycles. The molecule has 0 aliphatic heterocycles. The summed E-state index contributed by atoms with van der Waals surface area (Å²) in [6.45, 7) is 6.06. The molecule has 0 aliphatic rings. The quantitative estimate of drug-likeness (QED) is 0.363. The normalized spacial score (nSPS) is 10.7. The van der Waals surface area contributed by atoms with Gasteiger partial charge in [0.25, 0.3) is 0 Å². The molecule has 0 atom stereocenters. The van der Waals surface area contributed by atoms with Crippen molar-refractivity contribution >= 4 is 28.2 Å². The second-order valence-corrected chi connectivity index (χ2v) is 7.83. The maximum absolute atomic E-state index is 12.1. The number of aryl methyl sites for hydroxylation is 1. The lowest BCUT2D eigenvalue weighted by molar-refractivity contribution is -0.116. The number of amides is 1. The van der Waals surface area contributed by atoms with Crippen molar-refractivity contribution in [3.63, 3.8) is 0 Å². The van der Waals surface area contributed by atoms with Crippen LogP contribution in [0.1, 0.15) is 91.9 Å². The van der Waals surface area contributed by atoms with Crippen LogP contribution in [0.15, 0.2) is 0 Å². The monoisotopic (exact) mass is 367 g/mol. The standard InChI is InChI=1S/C20H33NO3S/c1-5-6-7-8-9-10-11-12-13-14-17(22)21-19-18(20(23)24-4)15(2)16(3)25-19/h5-14H2,1-4H3,(H,21,22). The van der Waals surface area contributed by atoms with Crippen LogP contribution in [0.2, 0.25) is 0 Å². The van der Waals surface area contributed by atoms with Crippen LogP contribution in [0.4, 0.5) is 5.00 Å².